The molecule has 11 heteroatoms. The van der Waals surface area contributed by atoms with Crippen molar-refractivity contribution in [3.63, 3.8) is 0 Å². The molecule has 0 aliphatic rings. The van der Waals surface area contributed by atoms with Crippen molar-refractivity contribution in [3.8, 4) is 11.5 Å². The van der Waals surface area contributed by atoms with Crippen molar-refractivity contribution in [3.05, 3.63) is 107 Å². The lowest BCUT2D eigenvalue weighted by Gasteiger charge is -2.19. The van der Waals surface area contributed by atoms with Crippen LogP contribution in [0.15, 0.2) is 84.9 Å². The maximum Gasteiger partial charge on any atom is 0.275 e. The van der Waals surface area contributed by atoms with Crippen LogP contribution in [0.25, 0.3) is 21.8 Å². The Bertz CT molecular complexity index is 1880. The van der Waals surface area contributed by atoms with Gasteiger partial charge < -0.3 is 14.0 Å². The number of carbonyl (C=O) groups is 2. The second kappa shape index (κ2) is 13.3. The van der Waals surface area contributed by atoms with Gasteiger partial charge in [0.2, 0.25) is 5.67 Å². The van der Waals surface area contributed by atoms with Crippen LogP contribution in [0, 0.1) is 0 Å². The molecule has 0 bridgehead atoms. The zero-order valence-electron chi connectivity index (χ0n) is 24.8. The van der Waals surface area contributed by atoms with E-state index in [0.717, 1.165) is 18.0 Å². The van der Waals surface area contributed by atoms with Crippen LogP contribution >= 0.6 is 0 Å². The van der Waals surface area contributed by atoms with Gasteiger partial charge in [-0.2, -0.15) is 0 Å². The summed E-state index contributed by atoms with van der Waals surface area (Å²) in [6, 6.07) is 22.0. The Labute approximate surface area is 260 Å². The van der Waals surface area contributed by atoms with Crippen molar-refractivity contribution in [1.82, 2.24) is 4.57 Å². The topological polar surface area (TPSA) is 57.5 Å². The van der Waals surface area contributed by atoms with E-state index in [0.29, 0.717) is 22.9 Å². The average Bonchev–Trinajstić information content (AvgIpc) is 3.38. The van der Waals surface area contributed by atoms with E-state index in [-0.39, 0.29) is 34.0 Å². The van der Waals surface area contributed by atoms with Crippen LogP contribution in [0.1, 0.15) is 45.7 Å². The highest BCUT2D eigenvalue weighted by atomic mass is 19.3. The summed E-state index contributed by atoms with van der Waals surface area (Å²) in [4.78, 5) is 27.0. The van der Waals surface area contributed by atoms with Gasteiger partial charge in [-0.15, -0.1) is 0 Å². The fraction of sp³-hybridized carbons (Fsp3) is 0.257. The molecule has 4 aromatic carbocycles. The number of hydrogen-bond donors (Lipinski definition) is 0. The van der Waals surface area contributed by atoms with Crippen molar-refractivity contribution in [2.24, 2.45) is 0 Å². The van der Waals surface area contributed by atoms with Gasteiger partial charge in [-0.1, -0.05) is 12.1 Å². The summed E-state index contributed by atoms with van der Waals surface area (Å²) in [7, 11) is 0. The van der Waals surface area contributed by atoms with Crippen LogP contribution in [0.4, 0.5) is 26.3 Å². The standard InChI is InChI=1S/C35H29F6NO4/c1-3-42-28-14-10-21(31(43)20-8-12-23(13-9-20)46-19-35(2,41)34(39)40)16-25(28)26-17-22(11-15-29(26)42)32(44)24-6-4-5-7-30(24)45-18-27(36)33(37)38/h4-17,27,33-34H,3,18-19H2,1-2H3. The molecule has 0 radical (unpaired) electrons. The van der Waals surface area contributed by atoms with Crippen molar-refractivity contribution in [2.45, 2.75) is 45.1 Å². The van der Waals surface area contributed by atoms with Crippen LogP contribution in [-0.2, 0) is 6.54 Å². The lowest BCUT2D eigenvalue weighted by atomic mass is 9.98. The van der Waals surface area contributed by atoms with E-state index in [1.54, 1.807) is 48.5 Å². The summed E-state index contributed by atoms with van der Waals surface area (Å²) < 4.78 is 90.7. The third kappa shape index (κ3) is 6.59. The zero-order valence-corrected chi connectivity index (χ0v) is 24.8. The summed E-state index contributed by atoms with van der Waals surface area (Å²) in [5.41, 5.74) is -0.202. The van der Waals surface area contributed by atoms with Crippen LogP contribution in [-0.4, -0.2) is 54.0 Å². The van der Waals surface area contributed by atoms with Gasteiger partial charge in [0.25, 0.3) is 12.9 Å². The summed E-state index contributed by atoms with van der Waals surface area (Å²) in [5.74, 6) is -0.685. The minimum absolute atomic E-state index is 0.0241. The predicted octanol–water partition coefficient (Wildman–Crippen LogP) is 8.63. The Morgan fingerprint density at radius 1 is 0.761 bits per heavy atom. The van der Waals surface area contributed by atoms with Gasteiger partial charge in [0, 0.05) is 45.0 Å². The Kier molecular flexibility index (Phi) is 9.41. The molecule has 1 aromatic heterocycles. The third-order valence-corrected chi connectivity index (χ3v) is 7.60. The summed E-state index contributed by atoms with van der Waals surface area (Å²) in [6.45, 7) is 1.54. The fourth-order valence-corrected chi connectivity index (χ4v) is 5.06. The monoisotopic (exact) mass is 641 g/mol. The molecule has 240 valence electrons. The molecular weight excluding hydrogens is 612 g/mol. The summed E-state index contributed by atoms with van der Waals surface area (Å²) in [6.07, 6.45) is -8.93. The number of nitrogens with zero attached hydrogens (tertiary/aromatic N) is 1. The zero-order chi connectivity index (χ0) is 33.2. The Balaban J connectivity index is 1.45. The molecule has 0 N–H and O–H groups in total. The number of ether oxygens (including phenoxy) is 2. The molecule has 1 heterocycles. The lowest BCUT2D eigenvalue weighted by Crippen LogP contribution is -2.35. The normalized spacial score (nSPS) is 13.7. The highest BCUT2D eigenvalue weighted by molar-refractivity contribution is 6.17. The molecule has 5 rings (SSSR count). The number of rotatable bonds is 13. The number of fused-ring (bicyclic) bond motifs is 3. The number of halogens is 6. The van der Waals surface area contributed by atoms with Crippen LogP contribution in [0.2, 0.25) is 0 Å². The van der Waals surface area contributed by atoms with Gasteiger partial charge in [-0.3, -0.25) is 9.59 Å². The number of carbonyl (C=O) groups excluding carboxylic acids is 2. The van der Waals surface area contributed by atoms with Crippen molar-refractivity contribution >= 4 is 33.4 Å². The molecule has 5 aromatic rings. The SMILES string of the molecule is CCn1c2ccc(C(=O)c3ccc(OCC(C)(F)C(F)F)cc3)cc2c2cc(C(=O)c3ccccc3OCC(F)C(F)F)ccc21. The molecular formula is C35H29F6NO4. The number of aryl methyl sites for hydroxylation is 1. The van der Waals surface area contributed by atoms with Gasteiger partial charge in [-0.05, 0) is 86.6 Å². The summed E-state index contributed by atoms with van der Waals surface area (Å²) >= 11 is 0. The van der Waals surface area contributed by atoms with Crippen LogP contribution in [0.3, 0.4) is 0 Å². The van der Waals surface area contributed by atoms with Crippen molar-refractivity contribution < 1.29 is 45.4 Å². The quantitative estimate of drug-likeness (QED) is 0.0955. The Morgan fingerprint density at radius 2 is 1.33 bits per heavy atom. The van der Waals surface area contributed by atoms with Crippen molar-refractivity contribution in [2.75, 3.05) is 13.2 Å². The molecule has 0 saturated heterocycles. The minimum atomic E-state index is -3.22. The Morgan fingerprint density at radius 3 is 1.89 bits per heavy atom. The molecule has 0 fully saturated rings. The first-order chi connectivity index (χ1) is 21.9. The molecule has 0 amide bonds. The van der Waals surface area contributed by atoms with E-state index < -0.39 is 43.7 Å². The first kappa shape index (κ1) is 32.6. The second-order valence-electron chi connectivity index (χ2n) is 10.9. The fourth-order valence-electron chi connectivity index (χ4n) is 5.06. The largest absolute Gasteiger partial charge is 0.490 e. The number of aromatic nitrogens is 1. The molecule has 0 aliphatic carbocycles. The van der Waals surface area contributed by atoms with E-state index in [2.05, 4.69) is 0 Å². The smallest absolute Gasteiger partial charge is 0.275 e. The van der Waals surface area contributed by atoms with Gasteiger partial charge >= 0.3 is 0 Å². The molecule has 46 heavy (non-hydrogen) atoms. The highest BCUT2D eigenvalue weighted by Crippen LogP contribution is 2.33. The first-order valence-electron chi connectivity index (χ1n) is 14.4. The van der Waals surface area contributed by atoms with E-state index in [9.17, 15) is 35.9 Å². The summed E-state index contributed by atoms with van der Waals surface area (Å²) in [5, 5.41) is 1.39. The molecule has 2 unspecified atom stereocenters. The number of benzene rings is 4. The van der Waals surface area contributed by atoms with E-state index in [1.807, 2.05) is 11.5 Å². The number of alkyl halides is 6. The minimum Gasteiger partial charge on any atom is -0.490 e. The van der Waals surface area contributed by atoms with Gasteiger partial charge in [-0.25, -0.2) is 26.3 Å². The van der Waals surface area contributed by atoms with Gasteiger partial charge in [0.1, 0.15) is 24.7 Å². The number of ketones is 2. The average molecular weight is 642 g/mol. The first-order valence-corrected chi connectivity index (χ1v) is 14.4. The van der Waals surface area contributed by atoms with E-state index in [4.69, 9.17) is 9.47 Å². The van der Waals surface area contributed by atoms with Crippen molar-refractivity contribution in [1.29, 1.82) is 0 Å². The maximum absolute atomic E-state index is 13.9. The number of para-hydroxylation sites is 1. The second-order valence-corrected chi connectivity index (χ2v) is 10.9. The predicted molar refractivity (Wildman–Crippen MR) is 162 cm³/mol. The van der Waals surface area contributed by atoms with E-state index >= 15 is 0 Å². The van der Waals surface area contributed by atoms with Gasteiger partial charge in [0.15, 0.2) is 17.7 Å². The highest BCUT2D eigenvalue weighted by Gasteiger charge is 2.36. The lowest BCUT2D eigenvalue weighted by molar-refractivity contribution is -0.0482. The molecule has 5 nitrogen and oxygen atoms in total. The van der Waals surface area contributed by atoms with Crippen LogP contribution < -0.4 is 9.47 Å². The van der Waals surface area contributed by atoms with Gasteiger partial charge in [0.05, 0.1) is 5.56 Å². The van der Waals surface area contributed by atoms with Crippen LogP contribution in [0.5, 0.6) is 11.5 Å². The molecule has 0 aliphatic heterocycles. The third-order valence-electron chi connectivity index (χ3n) is 7.60. The van der Waals surface area contributed by atoms with E-state index in [1.165, 1.54) is 36.4 Å². The maximum atomic E-state index is 13.9. The molecule has 0 spiro atoms. The number of hydrogen-bond acceptors (Lipinski definition) is 4. The Hall–Kier alpha value is -4.80. The molecule has 0 saturated carbocycles. The molecule has 2 atom stereocenters.